The Morgan fingerprint density at radius 1 is 0.667 bits per heavy atom. The summed E-state index contributed by atoms with van der Waals surface area (Å²) in [6, 6.07) is 0. The normalized spacial score (nSPS) is 12.2. The minimum atomic E-state index is 0.861. The first-order chi connectivity index (χ1) is 11.1. The molecule has 0 nitrogen and oxygen atoms in total. The van der Waals surface area contributed by atoms with Crippen molar-refractivity contribution in [3.05, 3.63) is 108 Å². The summed E-state index contributed by atoms with van der Waals surface area (Å²) in [5.74, 6) is 0. The maximum atomic E-state index is 4.15. The lowest BCUT2D eigenvalue weighted by molar-refractivity contribution is 1.11. The predicted molar refractivity (Wildman–Crippen MR) is 112 cm³/mol. The van der Waals surface area contributed by atoms with Crippen LogP contribution in [0.25, 0.3) is 0 Å². The van der Waals surface area contributed by atoms with E-state index < -0.39 is 0 Å². The first kappa shape index (κ1) is 21.7. The van der Waals surface area contributed by atoms with E-state index in [0.29, 0.717) is 0 Å². The van der Waals surface area contributed by atoms with Crippen molar-refractivity contribution in [3.8, 4) is 0 Å². The molecule has 0 atom stereocenters. The highest BCUT2D eigenvalue weighted by molar-refractivity contribution is 5.54. The second-order valence-corrected chi connectivity index (χ2v) is 6.01. The molecule has 0 radical (unpaired) electrons. The quantitative estimate of drug-likeness (QED) is 0.364. The maximum absolute atomic E-state index is 4.15. The van der Waals surface area contributed by atoms with Gasteiger partial charge >= 0.3 is 0 Å². The van der Waals surface area contributed by atoms with Crippen LogP contribution < -0.4 is 0 Å². The lowest BCUT2D eigenvalue weighted by Crippen LogP contribution is -1.91. The number of hydrogen-bond donors (Lipinski definition) is 0. The molecule has 0 aromatic carbocycles. The Hall–Kier alpha value is -2.34. The number of hydrogen-bond acceptors (Lipinski definition) is 0. The molecule has 0 saturated heterocycles. The Morgan fingerprint density at radius 3 is 1.71 bits per heavy atom. The fourth-order valence-corrected chi connectivity index (χ4v) is 1.87. The monoisotopic (exact) mass is 320 g/mol. The third kappa shape index (κ3) is 7.28. The van der Waals surface area contributed by atoms with E-state index in [2.05, 4.69) is 60.2 Å². The molecule has 0 aromatic rings. The molecule has 0 heterocycles. The largest absolute Gasteiger partial charge is 0.0958 e. The lowest BCUT2D eigenvalue weighted by atomic mass is 9.95. The zero-order valence-corrected chi connectivity index (χ0v) is 16.0. The number of allylic oxidation sites excluding steroid dienone is 12. The molecule has 0 unspecified atom stereocenters. The fourth-order valence-electron chi connectivity index (χ4n) is 1.87. The summed E-state index contributed by atoms with van der Waals surface area (Å²) in [5.41, 5.74) is 7.87. The highest BCUT2D eigenvalue weighted by atomic mass is 14.1. The van der Waals surface area contributed by atoms with Crippen molar-refractivity contribution >= 4 is 0 Å². The van der Waals surface area contributed by atoms with Crippen LogP contribution in [0.4, 0.5) is 0 Å². The molecular formula is C24H32. The van der Waals surface area contributed by atoms with Crippen LogP contribution in [-0.4, -0.2) is 0 Å². The van der Waals surface area contributed by atoms with E-state index >= 15 is 0 Å². The average Bonchev–Trinajstić information content (AvgIpc) is 2.56. The van der Waals surface area contributed by atoms with Crippen molar-refractivity contribution < 1.29 is 0 Å². The van der Waals surface area contributed by atoms with Gasteiger partial charge in [0.1, 0.15) is 0 Å². The molecule has 0 bridgehead atoms. The van der Waals surface area contributed by atoms with Crippen molar-refractivity contribution in [2.45, 2.75) is 40.5 Å². The molecule has 128 valence electrons. The first-order valence-corrected chi connectivity index (χ1v) is 8.31. The lowest BCUT2D eigenvalue weighted by Gasteiger charge is -2.10. The molecule has 0 aliphatic rings. The Morgan fingerprint density at radius 2 is 1.21 bits per heavy atom. The van der Waals surface area contributed by atoms with E-state index in [1.54, 1.807) is 0 Å². The zero-order chi connectivity index (χ0) is 18.9. The van der Waals surface area contributed by atoms with E-state index in [0.717, 1.165) is 57.4 Å². The molecule has 24 heavy (non-hydrogen) atoms. The minimum absolute atomic E-state index is 0.861. The Bertz CT molecular complexity index is 654. The molecule has 0 aliphatic heterocycles. The van der Waals surface area contributed by atoms with Gasteiger partial charge in [-0.1, -0.05) is 88.8 Å². The Balaban J connectivity index is 5.10. The molecule has 0 amide bonds. The molecule has 0 spiro atoms. The third-order valence-electron chi connectivity index (χ3n) is 4.02. The van der Waals surface area contributed by atoms with Crippen LogP contribution in [0, 0.1) is 0 Å². The average molecular weight is 321 g/mol. The SMILES string of the molecule is C=C(/C=C\C(=C)C(=C)/C=C(/C)C(=C)C(=C)/C=C(/C)C(=C)CC)CC. The van der Waals surface area contributed by atoms with Crippen LogP contribution in [0.1, 0.15) is 40.5 Å². The van der Waals surface area contributed by atoms with Gasteiger partial charge in [0, 0.05) is 0 Å². The minimum Gasteiger partial charge on any atom is -0.0958 e. The topological polar surface area (TPSA) is 0 Å². The molecule has 0 rings (SSSR count). The third-order valence-corrected chi connectivity index (χ3v) is 4.02. The maximum Gasteiger partial charge on any atom is -0.0232 e. The van der Waals surface area contributed by atoms with Gasteiger partial charge in [0.15, 0.2) is 0 Å². The van der Waals surface area contributed by atoms with E-state index in [1.165, 1.54) is 0 Å². The van der Waals surface area contributed by atoms with Crippen molar-refractivity contribution in [2.75, 3.05) is 0 Å². The van der Waals surface area contributed by atoms with E-state index in [1.807, 2.05) is 31.2 Å². The van der Waals surface area contributed by atoms with Gasteiger partial charge in [-0.05, 0) is 60.1 Å². The summed E-state index contributed by atoms with van der Waals surface area (Å²) in [6.45, 7) is 32.6. The molecule has 0 heteroatoms. The van der Waals surface area contributed by atoms with Gasteiger partial charge in [-0.15, -0.1) is 0 Å². The smallest absolute Gasteiger partial charge is 0.0232 e. The van der Waals surface area contributed by atoms with Gasteiger partial charge in [-0.25, -0.2) is 0 Å². The highest BCUT2D eigenvalue weighted by Gasteiger charge is 2.04. The fraction of sp³-hybridized carbons (Fsp3) is 0.250. The van der Waals surface area contributed by atoms with E-state index in [-0.39, 0.29) is 0 Å². The zero-order valence-electron chi connectivity index (χ0n) is 16.0. The molecular weight excluding hydrogens is 288 g/mol. The van der Waals surface area contributed by atoms with Gasteiger partial charge in [0.05, 0.1) is 0 Å². The van der Waals surface area contributed by atoms with Crippen LogP contribution >= 0.6 is 0 Å². The van der Waals surface area contributed by atoms with Gasteiger partial charge in [0.2, 0.25) is 0 Å². The molecule has 0 aromatic heterocycles. The summed E-state index contributed by atoms with van der Waals surface area (Å²) >= 11 is 0. The van der Waals surface area contributed by atoms with Gasteiger partial charge in [-0.3, -0.25) is 0 Å². The standard InChI is InChI=1S/C24H32/c1-11-17(3)13-14-19(5)21(7)16-23(9)24(10)22(8)15-20(6)18(4)12-2/h13-16H,3-5,7-8,10-12H2,1-2,6,9H3/b14-13-,20-15-,23-16-. The summed E-state index contributed by atoms with van der Waals surface area (Å²) < 4.78 is 0. The van der Waals surface area contributed by atoms with Gasteiger partial charge < -0.3 is 0 Å². The van der Waals surface area contributed by atoms with Crippen LogP contribution in [0.5, 0.6) is 0 Å². The summed E-state index contributed by atoms with van der Waals surface area (Å²) in [5, 5.41) is 0. The van der Waals surface area contributed by atoms with Crippen LogP contribution in [0.15, 0.2) is 108 Å². The number of rotatable bonds is 10. The van der Waals surface area contributed by atoms with Crippen molar-refractivity contribution in [3.63, 3.8) is 0 Å². The Labute approximate surface area is 149 Å². The van der Waals surface area contributed by atoms with Gasteiger partial charge in [0.25, 0.3) is 0 Å². The molecule has 0 saturated carbocycles. The molecule has 0 fully saturated rings. The van der Waals surface area contributed by atoms with E-state index in [9.17, 15) is 0 Å². The first-order valence-electron chi connectivity index (χ1n) is 8.31. The predicted octanol–water partition coefficient (Wildman–Crippen LogP) is 7.59. The van der Waals surface area contributed by atoms with Crippen molar-refractivity contribution in [1.82, 2.24) is 0 Å². The van der Waals surface area contributed by atoms with Crippen LogP contribution in [-0.2, 0) is 0 Å². The molecule has 0 N–H and O–H groups in total. The van der Waals surface area contributed by atoms with E-state index in [4.69, 9.17) is 0 Å². The second-order valence-electron chi connectivity index (χ2n) is 6.01. The van der Waals surface area contributed by atoms with Crippen molar-refractivity contribution in [1.29, 1.82) is 0 Å². The summed E-state index contributed by atoms with van der Waals surface area (Å²) in [6.07, 6.45) is 9.82. The summed E-state index contributed by atoms with van der Waals surface area (Å²) in [4.78, 5) is 0. The Kier molecular flexibility index (Phi) is 9.42. The van der Waals surface area contributed by atoms with Gasteiger partial charge in [-0.2, -0.15) is 0 Å². The highest BCUT2D eigenvalue weighted by Crippen LogP contribution is 2.23. The van der Waals surface area contributed by atoms with Crippen LogP contribution in [0.2, 0.25) is 0 Å². The molecule has 0 aliphatic carbocycles. The van der Waals surface area contributed by atoms with Crippen molar-refractivity contribution in [2.24, 2.45) is 0 Å². The van der Waals surface area contributed by atoms with Crippen LogP contribution in [0.3, 0.4) is 0 Å². The summed E-state index contributed by atoms with van der Waals surface area (Å²) in [7, 11) is 0. The second kappa shape index (κ2) is 10.4.